The van der Waals surface area contributed by atoms with Crippen LogP contribution in [0.2, 0.25) is 5.02 Å². The second-order valence-corrected chi connectivity index (χ2v) is 8.32. The molecule has 4 rings (SSSR count). The third kappa shape index (κ3) is 2.99. The SMILES string of the molecule is O=C(NCc1ccc(Cl)cc1)[C@@H]1CS[C@@]2(c3ccccc3)CCC(=O)N12. The highest BCUT2D eigenvalue weighted by molar-refractivity contribution is 8.00. The molecule has 0 bridgehead atoms. The average molecular weight is 387 g/mol. The van der Waals surface area contributed by atoms with Crippen molar-refractivity contribution in [2.45, 2.75) is 30.3 Å². The summed E-state index contributed by atoms with van der Waals surface area (Å²) in [7, 11) is 0. The Morgan fingerprint density at radius 1 is 1.19 bits per heavy atom. The van der Waals surface area contributed by atoms with E-state index in [0.29, 0.717) is 23.7 Å². The van der Waals surface area contributed by atoms with Crippen LogP contribution in [-0.4, -0.2) is 28.5 Å². The standard InChI is InChI=1S/C20H19ClN2O2S/c21-16-8-6-14(7-9-16)12-22-19(25)17-13-26-20(11-10-18(24)23(17)20)15-4-2-1-3-5-15/h1-9,17H,10-13H2,(H,22,25)/t17-,20+/m0/s1. The number of fused-ring (bicyclic) bond motifs is 1. The Morgan fingerprint density at radius 3 is 2.65 bits per heavy atom. The molecule has 2 aliphatic heterocycles. The molecule has 0 spiro atoms. The fourth-order valence-corrected chi connectivity index (χ4v) is 5.52. The Balaban J connectivity index is 1.51. The molecule has 2 atom stereocenters. The molecule has 2 aromatic rings. The van der Waals surface area contributed by atoms with E-state index in [2.05, 4.69) is 5.32 Å². The van der Waals surface area contributed by atoms with Gasteiger partial charge in [-0.3, -0.25) is 9.59 Å². The van der Waals surface area contributed by atoms with Crippen molar-refractivity contribution in [3.8, 4) is 0 Å². The van der Waals surface area contributed by atoms with Gasteiger partial charge in [0.05, 0.1) is 0 Å². The van der Waals surface area contributed by atoms with Crippen molar-refractivity contribution in [1.82, 2.24) is 10.2 Å². The lowest BCUT2D eigenvalue weighted by atomic mass is 10.0. The maximum atomic E-state index is 12.8. The summed E-state index contributed by atoms with van der Waals surface area (Å²) in [5.74, 6) is 0.582. The van der Waals surface area contributed by atoms with Crippen molar-refractivity contribution in [1.29, 1.82) is 0 Å². The van der Waals surface area contributed by atoms with Crippen LogP contribution in [0.3, 0.4) is 0 Å². The van der Waals surface area contributed by atoms with Crippen LogP contribution in [0.15, 0.2) is 54.6 Å². The van der Waals surface area contributed by atoms with Crippen molar-refractivity contribution in [3.63, 3.8) is 0 Å². The lowest BCUT2D eigenvalue weighted by molar-refractivity contribution is -0.138. The largest absolute Gasteiger partial charge is 0.350 e. The molecular weight excluding hydrogens is 368 g/mol. The summed E-state index contributed by atoms with van der Waals surface area (Å²) in [5.41, 5.74) is 2.08. The summed E-state index contributed by atoms with van der Waals surface area (Å²) in [5, 5.41) is 3.64. The zero-order chi connectivity index (χ0) is 18.1. The molecule has 2 fully saturated rings. The first-order valence-electron chi connectivity index (χ1n) is 8.64. The quantitative estimate of drug-likeness (QED) is 0.874. The van der Waals surface area contributed by atoms with E-state index in [-0.39, 0.29) is 11.8 Å². The van der Waals surface area contributed by atoms with Gasteiger partial charge < -0.3 is 10.2 Å². The van der Waals surface area contributed by atoms with Crippen molar-refractivity contribution >= 4 is 35.2 Å². The molecule has 4 nitrogen and oxygen atoms in total. The number of halogens is 1. The lowest BCUT2D eigenvalue weighted by Gasteiger charge is -2.34. The normalized spacial score (nSPS) is 24.6. The first kappa shape index (κ1) is 17.4. The van der Waals surface area contributed by atoms with E-state index in [1.165, 1.54) is 0 Å². The fourth-order valence-electron chi connectivity index (χ4n) is 3.74. The van der Waals surface area contributed by atoms with Gasteiger partial charge in [0.2, 0.25) is 11.8 Å². The molecular formula is C20H19ClN2O2S. The number of hydrogen-bond donors (Lipinski definition) is 1. The van der Waals surface area contributed by atoms with E-state index in [1.54, 1.807) is 23.9 Å². The number of rotatable bonds is 4. The van der Waals surface area contributed by atoms with Gasteiger partial charge in [-0.05, 0) is 29.7 Å². The number of hydrogen-bond acceptors (Lipinski definition) is 3. The van der Waals surface area contributed by atoms with Crippen molar-refractivity contribution < 1.29 is 9.59 Å². The van der Waals surface area contributed by atoms with Crippen LogP contribution in [0, 0.1) is 0 Å². The fraction of sp³-hybridized carbons (Fsp3) is 0.300. The van der Waals surface area contributed by atoms with Gasteiger partial charge in [-0.25, -0.2) is 0 Å². The van der Waals surface area contributed by atoms with Crippen LogP contribution in [0.25, 0.3) is 0 Å². The molecule has 2 aliphatic rings. The van der Waals surface area contributed by atoms with E-state index in [1.807, 2.05) is 47.4 Å². The summed E-state index contributed by atoms with van der Waals surface area (Å²) < 4.78 is 0. The van der Waals surface area contributed by atoms with Gasteiger partial charge in [-0.15, -0.1) is 11.8 Å². The molecule has 0 unspecified atom stereocenters. The molecule has 0 saturated carbocycles. The molecule has 2 saturated heterocycles. The first-order chi connectivity index (χ1) is 12.6. The Hall–Kier alpha value is -1.98. The smallest absolute Gasteiger partial charge is 0.244 e. The summed E-state index contributed by atoms with van der Waals surface area (Å²) in [4.78, 5) is 26.8. The van der Waals surface area contributed by atoms with Crippen LogP contribution >= 0.6 is 23.4 Å². The van der Waals surface area contributed by atoms with Gasteiger partial charge in [0, 0.05) is 23.7 Å². The van der Waals surface area contributed by atoms with E-state index < -0.39 is 10.9 Å². The Labute approximate surface area is 161 Å². The van der Waals surface area contributed by atoms with Crippen LogP contribution < -0.4 is 5.32 Å². The molecule has 2 aromatic carbocycles. The Bertz CT molecular complexity index is 827. The minimum Gasteiger partial charge on any atom is -0.350 e. The maximum absolute atomic E-state index is 12.8. The summed E-state index contributed by atoms with van der Waals surface area (Å²) in [6.07, 6.45) is 1.24. The van der Waals surface area contributed by atoms with Crippen LogP contribution in [-0.2, 0) is 21.0 Å². The lowest BCUT2D eigenvalue weighted by Crippen LogP contribution is -2.49. The van der Waals surface area contributed by atoms with Crippen LogP contribution in [0.5, 0.6) is 0 Å². The minimum absolute atomic E-state index is 0.0606. The number of benzene rings is 2. The highest BCUT2D eigenvalue weighted by Crippen LogP contribution is 2.54. The molecule has 2 heterocycles. The number of carbonyl (C=O) groups is 2. The van der Waals surface area contributed by atoms with Gasteiger partial charge in [-0.2, -0.15) is 0 Å². The third-order valence-corrected chi connectivity index (χ3v) is 6.88. The third-order valence-electron chi connectivity index (χ3n) is 5.03. The van der Waals surface area contributed by atoms with Gasteiger partial charge in [0.25, 0.3) is 0 Å². The van der Waals surface area contributed by atoms with E-state index in [0.717, 1.165) is 17.5 Å². The highest BCUT2D eigenvalue weighted by Gasteiger charge is 2.56. The molecule has 2 amide bonds. The minimum atomic E-state index is -0.428. The van der Waals surface area contributed by atoms with E-state index >= 15 is 0 Å². The maximum Gasteiger partial charge on any atom is 0.244 e. The topological polar surface area (TPSA) is 49.4 Å². The molecule has 1 N–H and O–H groups in total. The predicted molar refractivity (Wildman–Crippen MR) is 104 cm³/mol. The van der Waals surface area contributed by atoms with E-state index in [4.69, 9.17) is 11.6 Å². The number of carbonyl (C=O) groups excluding carboxylic acids is 2. The van der Waals surface area contributed by atoms with Crippen molar-refractivity contribution in [2.75, 3.05) is 5.75 Å². The van der Waals surface area contributed by atoms with Gasteiger partial charge in [0.1, 0.15) is 10.9 Å². The summed E-state index contributed by atoms with van der Waals surface area (Å²) in [6, 6.07) is 17.0. The average Bonchev–Trinajstić information content (AvgIpc) is 3.21. The molecule has 0 radical (unpaired) electrons. The van der Waals surface area contributed by atoms with E-state index in [9.17, 15) is 9.59 Å². The number of nitrogens with one attached hydrogen (secondary N) is 1. The van der Waals surface area contributed by atoms with Crippen LogP contribution in [0.1, 0.15) is 24.0 Å². The molecule has 6 heteroatoms. The summed E-state index contributed by atoms with van der Waals surface area (Å²) >= 11 is 7.60. The van der Waals surface area contributed by atoms with Crippen LogP contribution in [0.4, 0.5) is 0 Å². The number of nitrogens with zero attached hydrogens (tertiary/aromatic N) is 1. The molecule has 0 aromatic heterocycles. The van der Waals surface area contributed by atoms with Crippen molar-refractivity contribution in [2.24, 2.45) is 0 Å². The zero-order valence-corrected chi connectivity index (χ0v) is 15.7. The monoisotopic (exact) mass is 386 g/mol. The molecule has 26 heavy (non-hydrogen) atoms. The molecule has 134 valence electrons. The second-order valence-electron chi connectivity index (χ2n) is 6.59. The zero-order valence-electron chi connectivity index (χ0n) is 14.2. The van der Waals surface area contributed by atoms with Gasteiger partial charge in [-0.1, -0.05) is 54.1 Å². The van der Waals surface area contributed by atoms with Gasteiger partial charge >= 0.3 is 0 Å². The van der Waals surface area contributed by atoms with Gasteiger partial charge in [0.15, 0.2) is 0 Å². The van der Waals surface area contributed by atoms with Crippen molar-refractivity contribution in [3.05, 3.63) is 70.7 Å². The molecule has 0 aliphatic carbocycles. The Morgan fingerprint density at radius 2 is 1.92 bits per heavy atom. The summed E-state index contributed by atoms with van der Waals surface area (Å²) in [6.45, 7) is 0.428. The number of amides is 2. The predicted octanol–water partition coefficient (Wildman–Crippen LogP) is 3.55. The first-order valence-corrected chi connectivity index (χ1v) is 10.0. The Kier molecular flexibility index (Phi) is 4.67. The highest BCUT2D eigenvalue weighted by atomic mass is 35.5. The number of thioether (sulfide) groups is 1. The second kappa shape index (κ2) is 6.97.